The normalized spacial score (nSPS) is 11.9. The van der Waals surface area contributed by atoms with Crippen LogP contribution in [-0.2, 0) is 24.9 Å². The first kappa shape index (κ1) is 35.0. The van der Waals surface area contributed by atoms with Gasteiger partial charge in [-0.15, -0.1) is 29.1 Å². The molecule has 0 saturated carbocycles. The van der Waals surface area contributed by atoms with Gasteiger partial charge in [-0.05, 0) is 48.4 Å². The first-order valence-electron chi connectivity index (χ1n) is 16.3. The van der Waals surface area contributed by atoms with E-state index in [1.54, 1.807) is 6.33 Å². The second-order valence-electron chi connectivity index (χ2n) is 12.0. The molecule has 0 aliphatic heterocycles. The van der Waals surface area contributed by atoms with Gasteiger partial charge in [0.15, 0.2) is 5.78 Å². The Kier molecular flexibility index (Phi) is 11.9. The molecule has 0 spiro atoms. The fraction of sp³-hybridized carbons (Fsp3) is 0.325. The molecule has 5 nitrogen and oxygen atoms in total. The van der Waals surface area contributed by atoms with Gasteiger partial charge < -0.3 is 9.52 Å². The van der Waals surface area contributed by atoms with Crippen molar-refractivity contribution in [3.8, 4) is 11.3 Å². The summed E-state index contributed by atoms with van der Waals surface area (Å²) in [7, 11) is 0. The molecule has 6 heteroatoms. The molecule has 0 aliphatic carbocycles. The number of aromatic nitrogens is 2. The number of rotatable bonds is 9. The topological polar surface area (TPSA) is 76.2 Å². The third kappa shape index (κ3) is 7.09. The molecule has 6 rings (SSSR count). The Morgan fingerprint density at radius 1 is 0.870 bits per heavy atom. The predicted octanol–water partition coefficient (Wildman–Crippen LogP) is 11.1. The van der Waals surface area contributed by atoms with Crippen LogP contribution in [0.25, 0.3) is 54.9 Å². The zero-order chi connectivity index (χ0) is 32.1. The number of furan rings is 1. The number of allylic oxidation sites excluding steroid dienone is 2. The van der Waals surface area contributed by atoms with E-state index < -0.39 is 0 Å². The van der Waals surface area contributed by atoms with Crippen LogP contribution in [0.3, 0.4) is 0 Å². The van der Waals surface area contributed by atoms with Gasteiger partial charge in [0, 0.05) is 38.0 Å². The zero-order valence-electron chi connectivity index (χ0n) is 27.6. The third-order valence-electron chi connectivity index (χ3n) is 8.91. The minimum Gasteiger partial charge on any atom is -0.512 e. The van der Waals surface area contributed by atoms with Crippen molar-refractivity contribution < 1.29 is 34.4 Å². The molecular weight excluding hydrogens is 749 g/mol. The molecule has 0 unspecified atom stereocenters. The summed E-state index contributed by atoms with van der Waals surface area (Å²) in [4.78, 5) is 20.9. The predicted molar refractivity (Wildman–Crippen MR) is 187 cm³/mol. The number of aliphatic hydroxyl groups excluding tert-OH is 1. The molecule has 0 atom stereocenters. The monoisotopic (exact) mass is 792 g/mol. The van der Waals surface area contributed by atoms with E-state index in [1.807, 2.05) is 39.8 Å². The van der Waals surface area contributed by atoms with Crippen molar-refractivity contribution in [1.29, 1.82) is 0 Å². The van der Waals surface area contributed by atoms with Gasteiger partial charge >= 0.3 is 0 Å². The SMILES string of the molecule is CC(C)c1cc(-c2ncnc3c2oc2ccc4ccccc4c23)[c-]c2ccccc12.CCC(CC)C(=O)/C=C(\O)C(CC)CC.[Ir]. The van der Waals surface area contributed by atoms with Crippen molar-refractivity contribution in [2.75, 3.05) is 0 Å². The second-order valence-corrected chi connectivity index (χ2v) is 12.0. The van der Waals surface area contributed by atoms with Crippen LogP contribution in [0.4, 0.5) is 0 Å². The van der Waals surface area contributed by atoms with Crippen LogP contribution in [-0.4, -0.2) is 20.9 Å². The van der Waals surface area contributed by atoms with Gasteiger partial charge in [0.1, 0.15) is 23.0 Å². The molecule has 0 fully saturated rings. The van der Waals surface area contributed by atoms with Crippen molar-refractivity contribution in [1.82, 2.24) is 9.97 Å². The van der Waals surface area contributed by atoms with Crippen LogP contribution in [0.15, 0.2) is 89.3 Å². The fourth-order valence-corrected chi connectivity index (χ4v) is 6.17. The quantitative estimate of drug-likeness (QED) is 0.0896. The van der Waals surface area contributed by atoms with Crippen LogP contribution in [0.1, 0.15) is 78.7 Å². The number of benzene rings is 4. The molecule has 241 valence electrons. The Bertz CT molecular complexity index is 1980. The standard InChI is InChI=1S/C27H19N2O.C13H24O2.Ir/c1-16(2)22-14-19(13-18-8-4-5-9-20(18)22)25-27-26(29-15-28-25)24-21-10-6-3-7-17(21)11-12-23(24)30-27;1-5-10(6-2)12(14)9-13(15)11(7-3)8-4;/h3-12,14-16H,1-2H3;9-11,14H,5-8H2,1-4H3;/q-1;;/b;12-9-;. The largest absolute Gasteiger partial charge is 0.512 e. The van der Waals surface area contributed by atoms with Crippen molar-refractivity contribution in [2.45, 2.75) is 73.1 Å². The number of hydrogen-bond donors (Lipinski definition) is 1. The van der Waals surface area contributed by atoms with E-state index in [9.17, 15) is 9.90 Å². The summed E-state index contributed by atoms with van der Waals surface area (Å²) in [6, 6.07) is 26.6. The van der Waals surface area contributed by atoms with Gasteiger partial charge in [0.05, 0.1) is 16.8 Å². The molecule has 0 bridgehead atoms. The molecule has 2 heterocycles. The van der Waals surface area contributed by atoms with E-state index in [1.165, 1.54) is 22.4 Å². The van der Waals surface area contributed by atoms with E-state index in [0.29, 0.717) is 11.5 Å². The summed E-state index contributed by atoms with van der Waals surface area (Å²) in [6.07, 6.45) is 6.54. The average molecular weight is 792 g/mol. The molecule has 0 aliphatic rings. The molecule has 6 aromatic rings. The molecule has 4 aromatic carbocycles. The number of ketones is 1. The maximum atomic E-state index is 11.7. The van der Waals surface area contributed by atoms with Gasteiger partial charge in [-0.3, -0.25) is 9.78 Å². The number of aliphatic hydroxyl groups is 1. The van der Waals surface area contributed by atoms with Gasteiger partial charge in [0.2, 0.25) is 0 Å². The Morgan fingerprint density at radius 3 is 2.20 bits per heavy atom. The van der Waals surface area contributed by atoms with Crippen LogP contribution < -0.4 is 0 Å². The number of carbonyl (C=O) groups is 1. The number of hydrogen-bond acceptors (Lipinski definition) is 5. The second kappa shape index (κ2) is 15.6. The molecule has 1 radical (unpaired) electrons. The van der Waals surface area contributed by atoms with E-state index in [2.05, 4.69) is 84.5 Å². The van der Waals surface area contributed by atoms with Crippen molar-refractivity contribution in [3.63, 3.8) is 0 Å². The summed E-state index contributed by atoms with van der Waals surface area (Å²) in [5.74, 6) is 0.936. The molecule has 0 amide bonds. The summed E-state index contributed by atoms with van der Waals surface area (Å²) >= 11 is 0. The molecule has 1 N–H and O–H groups in total. The molecule has 2 aromatic heterocycles. The fourth-order valence-electron chi connectivity index (χ4n) is 6.17. The summed E-state index contributed by atoms with van der Waals surface area (Å²) in [5.41, 5.74) is 5.40. The van der Waals surface area contributed by atoms with Crippen LogP contribution in [0.5, 0.6) is 0 Å². The van der Waals surface area contributed by atoms with Crippen LogP contribution in [0.2, 0.25) is 0 Å². The Labute approximate surface area is 285 Å². The third-order valence-corrected chi connectivity index (χ3v) is 8.91. The first-order chi connectivity index (χ1) is 21.8. The maximum absolute atomic E-state index is 11.7. The van der Waals surface area contributed by atoms with Gasteiger partial charge in [-0.2, -0.15) is 0 Å². The Morgan fingerprint density at radius 2 is 1.52 bits per heavy atom. The Hall–Kier alpha value is -3.86. The van der Waals surface area contributed by atoms with E-state index in [4.69, 9.17) is 4.42 Å². The summed E-state index contributed by atoms with van der Waals surface area (Å²) in [6.45, 7) is 12.5. The minimum atomic E-state index is 0. The number of carbonyl (C=O) groups excluding carboxylic acids is 1. The van der Waals surface area contributed by atoms with E-state index in [0.717, 1.165) is 64.2 Å². The maximum Gasteiger partial charge on any atom is 0.162 e. The Balaban J connectivity index is 0.000000259. The molecule has 46 heavy (non-hydrogen) atoms. The van der Waals surface area contributed by atoms with Crippen molar-refractivity contribution >= 4 is 49.4 Å². The van der Waals surface area contributed by atoms with Crippen LogP contribution >= 0.6 is 0 Å². The average Bonchev–Trinajstić information content (AvgIpc) is 3.45. The zero-order valence-corrected chi connectivity index (χ0v) is 30.0. The summed E-state index contributed by atoms with van der Waals surface area (Å²) < 4.78 is 6.31. The smallest absolute Gasteiger partial charge is 0.162 e. The molecular formula is C40H43IrN2O3-. The van der Waals surface area contributed by atoms with E-state index >= 15 is 0 Å². The van der Waals surface area contributed by atoms with Gasteiger partial charge in [-0.1, -0.05) is 101 Å². The summed E-state index contributed by atoms with van der Waals surface area (Å²) in [5, 5.41) is 15.4. The minimum absolute atomic E-state index is 0. The van der Waals surface area contributed by atoms with Crippen molar-refractivity contribution in [3.05, 3.63) is 96.5 Å². The molecule has 0 saturated heterocycles. The number of nitrogens with zero attached hydrogens (tertiary/aromatic N) is 2. The van der Waals surface area contributed by atoms with Crippen LogP contribution in [0, 0.1) is 17.9 Å². The van der Waals surface area contributed by atoms with E-state index in [-0.39, 0.29) is 43.5 Å². The van der Waals surface area contributed by atoms with Gasteiger partial charge in [0.25, 0.3) is 0 Å². The van der Waals surface area contributed by atoms with Crippen molar-refractivity contribution in [2.24, 2.45) is 11.8 Å². The first-order valence-corrected chi connectivity index (χ1v) is 16.3. The van der Waals surface area contributed by atoms with Gasteiger partial charge in [-0.25, -0.2) is 4.98 Å². The number of fused-ring (bicyclic) bond motifs is 6.